The van der Waals surface area contributed by atoms with Crippen LogP contribution in [0.3, 0.4) is 0 Å². The Labute approximate surface area is 243 Å². The zero-order chi connectivity index (χ0) is 34.3. The molecule has 0 bridgehead atoms. The van der Waals surface area contributed by atoms with Crippen molar-refractivity contribution in [3.8, 4) is 5.75 Å². The maximum absolute atomic E-state index is 15.4. The lowest BCUT2D eigenvalue weighted by Crippen LogP contribution is -2.50. The highest BCUT2D eigenvalue weighted by Gasteiger charge is 2.73. The van der Waals surface area contributed by atoms with E-state index in [2.05, 4.69) is 9.72 Å². The van der Waals surface area contributed by atoms with E-state index >= 15 is 4.39 Å². The normalized spacial score (nSPS) is 12.7. The standard InChI is InChI=1S/C26H16F13N3O3/c1-11-8-13(23(30,25(34,35)36)26(37,38)39)9-16(45-22(28)29)19(11)41-20(43)14-4-3-5-15(18(14)27)42(2)21(44)12-6-7-17(40-10-12)24(31,32)33/h3-10,22H,1-2H3,(H,41,43). The molecule has 0 aliphatic carbocycles. The fraction of sp³-hybridized carbons (Fsp3) is 0.269. The van der Waals surface area contributed by atoms with Crippen molar-refractivity contribution < 1.29 is 71.4 Å². The number of amides is 2. The number of rotatable bonds is 7. The first-order valence-corrected chi connectivity index (χ1v) is 11.8. The molecule has 0 spiro atoms. The SMILES string of the molecule is Cc1cc(C(F)(C(F)(F)F)C(F)(F)F)cc(OC(F)F)c1NC(=O)c1cccc(N(C)C(=O)c2ccc(C(F)(F)F)nc2)c1F. The van der Waals surface area contributed by atoms with Crippen LogP contribution >= 0.6 is 0 Å². The largest absolute Gasteiger partial charge is 0.435 e. The van der Waals surface area contributed by atoms with Crippen molar-refractivity contribution in [1.82, 2.24) is 4.98 Å². The van der Waals surface area contributed by atoms with E-state index in [4.69, 9.17) is 0 Å². The molecule has 3 rings (SSSR count). The molecule has 1 aromatic heterocycles. The summed E-state index contributed by atoms with van der Waals surface area (Å²) in [7, 11) is 0.960. The predicted molar refractivity (Wildman–Crippen MR) is 129 cm³/mol. The minimum absolute atomic E-state index is 0.0355. The van der Waals surface area contributed by atoms with Gasteiger partial charge in [0.1, 0.15) is 11.4 Å². The molecule has 0 aliphatic rings. The Balaban J connectivity index is 2.01. The number of aromatic nitrogens is 1. The Hall–Kier alpha value is -4.58. The van der Waals surface area contributed by atoms with Gasteiger partial charge in [0.15, 0.2) is 5.82 Å². The minimum Gasteiger partial charge on any atom is -0.433 e. The fourth-order valence-electron chi connectivity index (χ4n) is 3.92. The van der Waals surface area contributed by atoms with E-state index in [-0.39, 0.29) is 12.1 Å². The number of aryl methyl sites for hydroxylation is 1. The maximum atomic E-state index is 15.4. The number of anilines is 2. The molecule has 0 aliphatic heterocycles. The van der Waals surface area contributed by atoms with E-state index in [9.17, 15) is 62.3 Å². The number of pyridine rings is 1. The van der Waals surface area contributed by atoms with Gasteiger partial charge < -0.3 is 15.0 Å². The molecule has 1 N–H and O–H groups in total. The number of halogens is 13. The van der Waals surface area contributed by atoms with Gasteiger partial charge in [-0.25, -0.2) is 8.78 Å². The zero-order valence-electron chi connectivity index (χ0n) is 22.2. The van der Waals surface area contributed by atoms with Crippen molar-refractivity contribution in [3.63, 3.8) is 0 Å². The van der Waals surface area contributed by atoms with Crippen LogP contribution in [0.15, 0.2) is 48.7 Å². The van der Waals surface area contributed by atoms with E-state index < -0.39 is 93.5 Å². The smallest absolute Gasteiger partial charge is 0.433 e. The van der Waals surface area contributed by atoms with Gasteiger partial charge in [-0.3, -0.25) is 14.6 Å². The van der Waals surface area contributed by atoms with Crippen molar-refractivity contribution in [2.24, 2.45) is 0 Å². The number of hydrogen-bond donors (Lipinski definition) is 1. The molecule has 19 heteroatoms. The number of hydrogen-bond acceptors (Lipinski definition) is 4. The molecular formula is C26H16F13N3O3. The van der Waals surface area contributed by atoms with E-state index in [0.29, 0.717) is 24.1 Å². The number of carbonyl (C=O) groups is 2. The van der Waals surface area contributed by atoms with E-state index in [0.717, 1.165) is 31.3 Å². The second-order valence-electron chi connectivity index (χ2n) is 9.09. The van der Waals surface area contributed by atoms with E-state index in [1.165, 1.54) is 0 Å². The lowest BCUT2D eigenvalue weighted by atomic mass is 9.92. The molecule has 0 fully saturated rings. The number of benzene rings is 2. The summed E-state index contributed by atoms with van der Waals surface area (Å²) in [5, 5.41) is 1.80. The quantitative estimate of drug-likeness (QED) is 0.260. The summed E-state index contributed by atoms with van der Waals surface area (Å²) in [4.78, 5) is 29.3. The van der Waals surface area contributed by atoms with Gasteiger partial charge in [0.2, 0.25) is 0 Å². The number of carbonyl (C=O) groups excluding carboxylic acids is 2. The monoisotopic (exact) mass is 665 g/mol. The van der Waals surface area contributed by atoms with Crippen molar-refractivity contribution in [3.05, 3.63) is 82.4 Å². The van der Waals surface area contributed by atoms with Crippen LogP contribution in [-0.2, 0) is 11.8 Å². The molecular weight excluding hydrogens is 649 g/mol. The maximum Gasteiger partial charge on any atom is 0.435 e. The Morgan fingerprint density at radius 3 is 2.00 bits per heavy atom. The first-order valence-electron chi connectivity index (χ1n) is 11.8. The molecule has 0 unspecified atom stereocenters. The van der Waals surface area contributed by atoms with Gasteiger partial charge in [0.05, 0.1) is 22.5 Å². The lowest BCUT2D eigenvalue weighted by Gasteiger charge is -2.31. The van der Waals surface area contributed by atoms with Gasteiger partial charge in [-0.1, -0.05) is 6.07 Å². The van der Waals surface area contributed by atoms with E-state index in [1.54, 1.807) is 5.32 Å². The Morgan fingerprint density at radius 2 is 1.51 bits per heavy atom. The minimum atomic E-state index is -6.62. The van der Waals surface area contributed by atoms with Gasteiger partial charge in [0.25, 0.3) is 11.8 Å². The van der Waals surface area contributed by atoms with Crippen LogP contribution in [0.4, 0.5) is 68.5 Å². The summed E-state index contributed by atoms with van der Waals surface area (Å²) in [5.74, 6) is -5.66. The number of nitrogens with one attached hydrogen (secondary N) is 1. The van der Waals surface area contributed by atoms with Crippen molar-refractivity contribution in [2.45, 2.75) is 37.7 Å². The second kappa shape index (κ2) is 12.1. The highest BCUT2D eigenvalue weighted by Crippen LogP contribution is 2.54. The van der Waals surface area contributed by atoms with Crippen LogP contribution in [0.5, 0.6) is 5.75 Å². The number of ether oxygens (including phenoxy) is 1. The zero-order valence-corrected chi connectivity index (χ0v) is 22.2. The molecule has 2 aromatic carbocycles. The molecule has 0 saturated carbocycles. The van der Waals surface area contributed by atoms with Crippen LogP contribution in [0.25, 0.3) is 0 Å². The summed E-state index contributed by atoms with van der Waals surface area (Å²) in [6.07, 6.45) is -17.5. The average Bonchev–Trinajstić information content (AvgIpc) is 2.91. The Morgan fingerprint density at radius 1 is 0.911 bits per heavy atom. The van der Waals surface area contributed by atoms with Crippen LogP contribution in [0.1, 0.15) is 37.5 Å². The average molecular weight is 665 g/mol. The highest BCUT2D eigenvalue weighted by atomic mass is 19.4. The molecule has 3 aromatic rings. The van der Waals surface area contributed by atoms with Gasteiger partial charge in [-0.15, -0.1) is 0 Å². The summed E-state index contributed by atoms with van der Waals surface area (Å²) < 4.78 is 178. The summed E-state index contributed by atoms with van der Waals surface area (Å²) >= 11 is 0. The van der Waals surface area contributed by atoms with Gasteiger partial charge in [0, 0.05) is 18.8 Å². The second-order valence-corrected chi connectivity index (χ2v) is 9.09. The highest BCUT2D eigenvalue weighted by molar-refractivity contribution is 6.09. The number of alkyl halides is 12. The molecule has 1 heterocycles. The van der Waals surface area contributed by atoms with Gasteiger partial charge >= 0.3 is 30.8 Å². The van der Waals surface area contributed by atoms with Gasteiger partial charge in [-0.05, 0) is 48.9 Å². The predicted octanol–water partition coefficient (Wildman–Crippen LogP) is 7.97. The third kappa shape index (κ3) is 6.90. The molecule has 2 amide bonds. The van der Waals surface area contributed by atoms with Crippen molar-refractivity contribution in [1.29, 1.82) is 0 Å². The van der Waals surface area contributed by atoms with Gasteiger partial charge in [-0.2, -0.15) is 48.3 Å². The fourth-order valence-corrected chi connectivity index (χ4v) is 3.92. The summed E-state index contributed by atoms with van der Waals surface area (Å²) in [6, 6.07) is 3.55. The Kier molecular flexibility index (Phi) is 9.37. The summed E-state index contributed by atoms with van der Waals surface area (Å²) in [5.41, 5.74) is -13.5. The first-order chi connectivity index (χ1) is 20.5. The third-order valence-electron chi connectivity index (χ3n) is 6.12. The van der Waals surface area contributed by atoms with Crippen molar-refractivity contribution in [2.75, 3.05) is 17.3 Å². The van der Waals surface area contributed by atoms with Crippen LogP contribution in [0.2, 0.25) is 0 Å². The molecule has 6 nitrogen and oxygen atoms in total. The van der Waals surface area contributed by atoms with Crippen LogP contribution < -0.4 is 15.0 Å². The molecule has 244 valence electrons. The Bertz CT molecular complexity index is 1570. The molecule has 0 atom stereocenters. The van der Waals surface area contributed by atoms with Crippen LogP contribution in [0, 0.1) is 12.7 Å². The topological polar surface area (TPSA) is 71.5 Å². The van der Waals surface area contributed by atoms with Crippen LogP contribution in [-0.4, -0.2) is 42.8 Å². The molecule has 0 radical (unpaired) electrons. The molecule has 0 saturated heterocycles. The summed E-state index contributed by atoms with van der Waals surface area (Å²) in [6.45, 7) is -3.19. The van der Waals surface area contributed by atoms with Crippen molar-refractivity contribution >= 4 is 23.2 Å². The van der Waals surface area contributed by atoms with E-state index in [1.807, 2.05) is 0 Å². The third-order valence-corrected chi connectivity index (χ3v) is 6.12. The molecule has 45 heavy (non-hydrogen) atoms. The number of nitrogens with zero attached hydrogens (tertiary/aromatic N) is 2. The first kappa shape index (κ1) is 34.9. The lowest BCUT2D eigenvalue weighted by molar-refractivity contribution is -0.348.